The number of aliphatic hydroxyl groups excluding tert-OH is 7. The third kappa shape index (κ3) is 7.21. The average molecular weight is 552 g/mol. The van der Waals surface area contributed by atoms with Crippen LogP contribution in [-0.2, 0) is 16.0 Å². The van der Waals surface area contributed by atoms with E-state index in [-0.39, 0.29) is 11.8 Å². The van der Waals surface area contributed by atoms with E-state index in [0.29, 0.717) is 17.5 Å². The summed E-state index contributed by atoms with van der Waals surface area (Å²) in [7, 11) is 0. The van der Waals surface area contributed by atoms with Crippen LogP contribution in [-0.4, -0.2) is 115 Å². The number of carbonyl (C=O) groups is 1. The minimum absolute atomic E-state index is 0.0456. The van der Waals surface area contributed by atoms with Crippen LogP contribution in [0.25, 0.3) is 6.08 Å². The molecule has 0 bridgehead atoms. The Morgan fingerprint density at radius 2 is 1.72 bits per heavy atom. The SMILES string of the molecule is CC(C)c1[nH]nc(O[C@@H]2O[C@H](CO)[C@@H](O)[C@H](O)[C@H]2O)c1Cc1ccc(/C=C/C(=O)NC(CO)(CO)CO)cc1. The molecule has 216 valence electrons. The van der Waals surface area contributed by atoms with Crippen molar-refractivity contribution in [2.45, 2.75) is 62.4 Å². The van der Waals surface area contributed by atoms with Gasteiger partial charge in [0.15, 0.2) is 0 Å². The highest BCUT2D eigenvalue weighted by molar-refractivity contribution is 5.92. The van der Waals surface area contributed by atoms with Gasteiger partial charge in [-0.05, 0) is 23.1 Å². The maximum atomic E-state index is 12.2. The summed E-state index contributed by atoms with van der Waals surface area (Å²) in [4.78, 5) is 12.2. The molecule has 2 heterocycles. The molecule has 1 saturated heterocycles. The number of nitrogens with zero attached hydrogens (tertiary/aromatic N) is 1. The first-order valence-corrected chi connectivity index (χ1v) is 12.5. The molecule has 0 spiro atoms. The molecule has 0 saturated carbocycles. The summed E-state index contributed by atoms with van der Waals surface area (Å²) >= 11 is 0. The number of aliphatic hydroxyl groups is 7. The normalized spacial score (nSPS) is 23.9. The summed E-state index contributed by atoms with van der Waals surface area (Å²) < 4.78 is 11.3. The van der Waals surface area contributed by atoms with E-state index >= 15 is 0 Å². The van der Waals surface area contributed by atoms with Gasteiger partial charge < -0.3 is 50.5 Å². The molecule has 5 atom stereocenters. The van der Waals surface area contributed by atoms with Crippen LogP contribution < -0.4 is 10.1 Å². The van der Waals surface area contributed by atoms with E-state index < -0.39 is 68.6 Å². The second kappa shape index (κ2) is 13.5. The van der Waals surface area contributed by atoms with Crippen molar-refractivity contribution in [3.63, 3.8) is 0 Å². The molecule has 1 fully saturated rings. The van der Waals surface area contributed by atoms with Crippen molar-refractivity contribution in [2.24, 2.45) is 0 Å². The molecule has 1 aliphatic rings. The first-order chi connectivity index (χ1) is 18.6. The number of hydrogen-bond donors (Lipinski definition) is 9. The van der Waals surface area contributed by atoms with E-state index in [1.807, 2.05) is 26.0 Å². The minimum atomic E-state index is -1.58. The lowest BCUT2D eigenvalue weighted by molar-refractivity contribution is -0.278. The molecule has 1 aliphatic heterocycles. The first kappa shape index (κ1) is 30.7. The van der Waals surface area contributed by atoms with Gasteiger partial charge >= 0.3 is 0 Å². The van der Waals surface area contributed by atoms with Crippen LogP contribution in [0.5, 0.6) is 5.88 Å². The van der Waals surface area contributed by atoms with Crippen LogP contribution in [0.15, 0.2) is 30.3 Å². The Morgan fingerprint density at radius 3 is 2.28 bits per heavy atom. The predicted molar refractivity (Wildman–Crippen MR) is 137 cm³/mol. The number of nitrogens with one attached hydrogen (secondary N) is 2. The van der Waals surface area contributed by atoms with Gasteiger partial charge in [-0.2, -0.15) is 0 Å². The molecule has 0 unspecified atom stereocenters. The molecule has 0 aliphatic carbocycles. The van der Waals surface area contributed by atoms with E-state index in [4.69, 9.17) is 9.47 Å². The fraction of sp³-hybridized carbons (Fsp3) is 0.538. The highest BCUT2D eigenvalue weighted by atomic mass is 16.7. The molecule has 39 heavy (non-hydrogen) atoms. The van der Waals surface area contributed by atoms with Crippen LogP contribution >= 0.6 is 0 Å². The summed E-state index contributed by atoms with van der Waals surface area (Å²) in [6.45, 7) is 1.48. The highest BCUT2D eigenvalue weighted by Gasteiger charge is 2.45. The number of hydrogen-bond acceptors (Lipinski definition) is 11. The van der Waals surface area contributed by atoms with Crippen molar-refractivity contribution in [2.75, 3.05) is 26.4 Å². The summed E-state index contributed by atoms with van der Waals surface area (Å²) in [5, 5.41) is 77.5. The standard InChI is InChI=1S/C26H37N3O10/c1-14(2)20-17(24(29-28-20)39-25-23(37)22(36)21(35)18(10-30)38-25)9-16-5-3-15(4-6-16)7-8-19(34)27-26(11-31,12-32)13-33/h3-8,14,18,21-23,25,30-33,35-37H,9-13H2,1-2H3,(H,27,34)(H,28,29)/b8-7+/t18-,21-,22+,23-,25+/m1/s1. The molecule has 0 radical (unpaired) electrons. The summed E-state index contributed by atoms with van der Waals surface area (Å²) in [6, 6.07) is 7.24. The number of benzene rings is 1. The smallest absolute Gasteiger partial charge is 0.244 e. The topological polar surface area (TPSA) is 218 Å². The molecular weight excluding hydrogens is 514 g/mol. The van der Waals surface area contributed by atoms with Crippen molar-refractivity contribution in [1.82, 2.24) is 15.5 Å². The van der Waals surface area contributed by atoms with Gasteiger partial charge in [0.1, 0.15) is 30.0 Å². The van der Waals surface area contributed by atoms with E-state index in [1.165, 1.54) is 6.08 Å². The second-order valence-electron chi connectivity index (χ2n) is 9.89. The van der Waals surface area contributed by atoms with E-state index in [2.05, 4.69) is 15.5 Å². The van der Waals surface area contributed by atoms with Crippen molar-refractivity contribution in [1.29, 1.82) is 0 Å². The average Bonchev–Trinajstić information content (AvgIpc) is 3.33. The largest absolute Gasteiger partial charge is 0.443 e. The minimum Gasteiger partial charge on any atom is -0.443 e. The molecule has 1 aromatic carbocycles. The fourth-order valence-electron chi connectivity index (χ4n) is 4.08. The van der Waals surface area contributed by atoms with Gasteiger partial charge in [0.25, 0.3) is 0 Å². The molecule has 2 aromatic rings. The molecule has 9 N–H and O–H groups in total. The number of ether oxygens (including phenoxy) is 2. The van der Waals surface area contributed by atoms with E-state index in [0.717, 1.165) is 11.3 Å². The second-order valence-corrected chi connectivity index (χ2v) is 9.89. The lowest BCUT2D eigenvalue weighted by Gasteiger charge is -2.39. The van der Waals surface area contributed by atoms with E-state index in [1.54, 1.807) is 18.2 Å². The van der Waals surface area contributed by atoms with Crippen molar-refractivity contribution in [3.8, 4) is 5.88 Å². The predicted octanol–water partition coefficient (Wildman–Crippen LogP) is -1.85. The number of rotatable bonds is 12. The van der Waals surface area contributed by atoms with Crippen LogP contribution in [0, 0.1) is 0 Å². The molecular formula is C26H37N3O10. The molecule has 1 aromatic heterocycles. The van der Waals surface area contributed by atoms with Crippen molar-refractivity contribution >= 4 is 12.0 Å². The summed E-state index contributed by atoms with van der Waals surface area (Å²) in [5.41, 5.74) is 1.54. The van der Waals surface area contributed by atoms with Gasteiger partial charge in [-0.25, -0.2) is 0 Å². The lowest BCUT2D eigenvalue weighted by atomic mass is 9.98. The van der Waals surface area contributed by atoms with Crippen LogP contribution in [0.3, 0.4) is 0 Å². The number of amides is 1. The molecule has 1 amide bonds. The Bertz CT molecular complexity index is 1090. The quantitative estimate of drug-likeness (QED) is 0.133. The molecule has 3 rings (SSSR count). The molecule has 13 nitrogen and oxygen atoms in total. The summed E-state index contributed by atoms with van der Waals surface area (Å²) in [6.07, 6.45) is -4.00. The lowest BCUT2D eigenvalue weighted by Crippen LogP contribution is -2.60. The Morgan fingerprint density at radius 1 is 1.08 bits per heavy atom. The number of H-pyrrole nitrogens is 1. The van der Waals surface area contributed by atoms with Gasteiger partial charge in [-0.15, -0.1) is 5.10 Å². The van der Waals surface area contributed by atoms with Crippen LogP contribution in [0.1, 0.15) is 42.1 Å². The zero-order valence-electron chi connectivity index (χ0n) is 21.8. The van der Waals surface area contributed by atoms with Crippen LogP contribution in [0.4, 0.5) is 0 Å². The first-order valence-electron chi connectivity index (χ1n) is 12.5. The monoisotopic (exact) mass is 551 g/mol. The Kier molecular flexibility index (Phi) is 10.6. The third-order valence-corrected chi connectivity index (χ3v) is 6.60. The van der Waals surface area contributed by atoms with Crippen molar-refractivity contribution in [3.05, 3.63) is 52.7 Å². The van der Waals surface area contributed by atoms with Gasteiger partial charge in [0.2, 0.25) is 18.1 Å². The zero-order chi connectivity index (χ0) is 28.7. The van der Waals surface area contributed by atoms with Crippen molar-refractivity contribution < 1.29 is 50.0 Å². The summed E-state index contributed by atoms with van der Waals surface area (Å²) in [5.74, 6) is -0.403. The fourth-order valence-corrected chi connectivity index (χ4v) is 4.08. The van der Waals surface area contributed by atoms with Gasteiger partial charge in [-0.1, -0.05) is 38.1 Å². The third-order valence-electron chi connectivity index (χ3n) is 6.60. The number of aromatic amines is 1. The van der Waals surface area contributed by atoms with Gasteiger partial charge in [-0.3, -0.25) is 9.89 Å². The number of aromatic nitrogens is 2. The molecule has 13 heteroatoms. The van der Waals surface area contributed by atoms with E-state index in [9.17, 15) is 40.5 Å². The van der Waals surface area contributed by atoms with Gasteiger partial charge in [0.05, 0.1) is 26.4 Å². The highest BCUT2D eigenvalue weighted by Crippen LogP contribution is 2.31. The Balaban J connectivity index is 1.74. The maximum Gasteiger partial charge on any atom is 0.244 e. The number of carbonyl (C=O) groups excluding carboxylic acids is 1. The maximum absolute atomic E-state index is 12.2. The van der Waals surface area contributed by atoms with Crippen LogP contribution in [0.2, 0.25) is 0 Å². The Labute approximate surface area is 225 Å². The zero-order valence-corrected chi connectivity index (χ0v) is 21.8. The Hall–Kier alpha value is -2.88. The van der Waals surface area contributed by atoms with Gasteiger partial charge in [0, 0.05) is 23.8 Å².